The standard InChI is InChI=1S/C27H35N3O/c1-3-8-22-11-13-24(14-12-22)29-26(31)27(15-16-27)21(2)28-25-10-7-9-23(19-25)20-30-17-5-4-6-18-30/h7,9-14,19,28H,2-6,8,15-18,20H2,1H3,(H,29,31). The molecule has 1 aliphatic carbocycles. The SMILES string of the molecule is C=C(Nc1cccc(CN2CCCCC2)c1)C1(C(=O)Nc2ccc(CCC)cc2)CC1. The molecule has 1 amide bonds. The molecule has 164 valence electrons. The highest BCUT2D eigenvalue weighted by Gasteiger charge is 2.52. The first-order valence-corrected chi connectivity index (χ1v) is 11.8. The van der Waals surface area contributed by atoms with E-state index in [0.717, 1.165) is 49.3 Å². The highest BCUT2D eigenvalue weighted by Crippen LogP contribution is 2.52. The van der Waals surface area contributed by atoms with Gasteiger partial charge in [-0.1, -0.05) is 50.6 Å². The number of aryl methyl sites for hydroxylation is 1. The summed E-state index contributed by atoms with van der Waals surface area (Å²) in [5, 5.41) is 6.54. The van der Waals surface area contributed by atoms with Crippen LogP contribution in [0.15, 0.2) is 60.8 Å². The third kappa shape index (κ3) is 5.37. The van der Waals surface area contributed by atoms with Crippen LogP contribution >= 0.6 is 0 Å². The van der Waals surface area contributed by atoms with E-state index in [-0.39, 0.29) is 5.91 Å². The molecule has 2 N–H and O–H groups in total. The van der Waals surface area contributed by atoms with E-state index in [1.165, 1.54) is 43.5 Å². The molecule has 4 nitrogen and oxygen atoms in total. The minimum absolute atomic E-state index is 0.0395. The number of rotatable bonds is 9. The van der Waals surface area contributed by atoms with Crippen molar-refractivity contribution < 1.29 is 4.79 Å². The van der Waals surface area contributed by atoms with Crippen molar-refractivity contribution in [1.82, 2.24) is 4.90 Å². The molecule has 4 rings (SSSR count). The van der Waals surface area contributed by atoms with E-state index in [2.05, 4.69) is 65.4 Å². The van der Waals surface area contributed by atoms with Gasteiger partial charge in [0.1, 0.15) is 0 Å². The first-order chi connectivity index (χ1) is 15.1. The summed E-state index contributed by atoms with van der Waals surface area (Å²) in [6.07, 6.45) is 7.82. The molecule has 0 bridgehead atoms. The van der Waals surface area contributed by atoms with Crippen LogP contribution < -0.4 is 10.6 Å². The molecule has 1 heterocycles. The van der Waals surface area contributed by atoms with Gasteiger partial charge in [-0.25, -0.2) is 0 Å². The van der Waals surface area contributed by atoms with Crippen molar-refractivity contribution in [3.8, 4) is 0 Å². The predicted molar refractivity (Wildman–Crippen MR) is 129 cm³/mol. The number of carbonyl (C=O) groups is 1. The minimum atomic E-state index is -0.509. The smallest absolute Gasteiger partial charge is 0.236 e. The van der Waals surface area contributed by atoms with Gasteiger partial charge >= 0.3 is 0 Å². The third-order valence-electron chi connectivity index (χ3n) is 6.59. The molecule has 1 aliphatic heterocycles. The minimum Gasteiger partial charge on any atom is -0.358 e. The van der Waals surface area contributed by atoms with Gasteiger partial charge < -0.3 is 10.6 Å². The van der Waals surface area contributed by atoms with Crippen LogP contribution in [0, 0.1) is 5.41 Å². The average Bonchev–Trinajstić information content (AvgIpc) is 3.59. The van der Waals surface area contributed by atoms with Crippen molar-refractivity contribution in [2.75, 3.05) is 23.7 Å². The van der Waals surface area contributed by atoms with Crippen LogP contribution in [0.2, 0.25) is 0 Å². The number of hydrogen-bond acceptors (Lipinski definition) is 3. The lowest BCUT2D eigenvalue weighted by Crippen LogP contribution is -2.29. The Morgan fingerprint density at radius 3 is 2.39 bits per heavy atom. The molecule has 1 saturated carbocycles. The topological polar surface area (TPSA) is 44.4 Å². The maximum atomic E-state index is 13.1. The van der Waals surface area contributed by atoms with E-state index in [1.54, 1.807) is 0 Å². The number of hydrogen-bond donors (Lipinski definition) is 2. The molecule has 0 unspecified atom stereocenters. The van der Waals surface area contributed by atoms with Crippen molar-refractivity contribution in [2.45, 2.75) is 58.4 Å². The van der Waals surface area contributed by atoms with Crippen LogP contribution in [-0.2, 0) is 17.8 Å². The summed E-state index contributed by atoms with van der Waals surface area (Å²) in [5.41, 5.74) is 4.77. The van der Waals surface area contributed by atoms with Crippen molar-refractivity contribution >= 4 is 17.3 Å². The fourth-order valence-corrected chi connectivity index (χ4v) is 4.50. The third-order valence-corrected chi connectivity index (χ3v) is 6.59. The van der Waals surface area contributed by atoms with Gasteiger partial charge in [0, 0.05) is 23.6 Å². The Labute approximate surface area is 186 Å². The summed E-state index contributed by atoms with van der Waals surface area (Å²) in [6, 6.07) is 16.7. The summed E-state index contributed by atoms with van der Waals surface area (Å²) in [7, 11) is 0. The molecule has 0 spiro atoms. The summed E-state index contributed by atoms with van der Waals surface area (Å²) in [4.78, 5) is 15.6. The van der Waals surface area contributed by atoms with Crippen molar-refractivity contribution in [3.63, 3.8) is 0 Å². The second-order valence-electron chi connectivity index (χ2n) is 9.12. The fraction of sp³-hybridized carbons (Fsp3) is 0.444. The second-order valence-corrected chi connectivity index (χ2v) is 9.12. The number of benzene rings is 2. The van der Waals surface area contributed by atoms with E-state index < -0.39 is 5.41 Å². The molecule has 2 aliphatic rings. The van der Waals surface area contributed by atoms with Gasteiger partial charge in [-0.3, -0.25) is 9.69 Å². The van der Waals surface area contributed by atoms with Gasteiger partial charge in [0.2, 0.25) is 5.91 Å². The van der Waals surface area contributed by atoms with Crippen LogP contribution in [0.4, 0.5) is 11.4 Å². The first-order valence-electron chi connectivity index (χ1n) is 11.8. The predicted octanol–water partition coefficient (Wildman–Crippen LogP) is 5.97. The zero-order valence-corrected chi connectivity index (χ0v) is 18.8. The second kappa shape index (κ2) is 9.69. The van der Waals surface area contributed by atoms with Crippen LogP contribution in [0.3, 0.4) is 0 Å². The van der Waals surface area contributed by atoms with Gasteiger partial charge in [0.05, 0.1) is 5.41 Å². The molecule has 2 aromatic rings. The van der Waals surface area contributed by atoms with Crippen LogP contribution in [-0.4, -0.2) is 23.9 Å². The first kappa shape index (κ1) is 21.6. The van der Waals surface area contributed by atoms with Gasteiger partial charge in [0.15, 0.2) is 0 Å². The van der Waals surface area contributed by atoms with E-state index in [9.17, 15) is 4.79 Å². The Morgan fingerprint density at radius 2 is 1.71 bits per heavy atom. The molecule has 31 heavy (non-hydrogen) atoms. The van der Waals surface area contributed by atoms with Crippen LogP contribution in [0.1, 0.15) is 56.6 Å². The highest BCUT2D eigenvalue weighted by molar-refractivity contribution is 5.99. The maximum absolute atomic E-state index is 13.1. The molecule has 0 aromatic heterocycles. The van der Waals surface area contributed by atoms with Crippen molar-refractivity contribution in [1.29, 1.82) is 0 Å². The van der Waals surface area contributed by atoms with Crippen LogP contribution in [0.25, 0.3) is 0 Å². The molecule has 0 radical (unpaired) electrons. The van der Waals surface area contributed by atoms with E-state index in [0.29, 0.717) is 0 Å². The normalized spacial score (nSPS) is 17.7. The number of carbonyl (C=O) groups excluding carboxylic acids is 1. The Bertz CT molecular complexity index is 908. The number of anilines is 2. The molecule has 2 fully saturated rings. The van der Waals surface area contributed by atoms with Crippen molar-refractivity contribution in [2.24, 2.45) is 5.41 Å². The Hall–Kier alpha value is -2.59. The van der Waals surface area contributed by atoms with E-state index >= 15 is 0 Å². The largest absolute Gasteiger partial charge is 0.358 e. The van der Waals surface area contributed by atoms with Crippen molar-refractivity contribution in [3.05, 3.63) is 71.9 Å². The monoisotopic (exact) mass is 417 g/mol. The fourth-order valence-electron chi connectivity index (χ4n) is 4.50. The highest BCUT2D eigenvalue weighted by atomic mass is 16.2. The average molecular weight is 418 g/mol. The van der Waals surface area contributed by atoms with E-state index in [4.69, 9.17) is 0 Å². The number of piperidine rings is 1. The number of likely N-dealkylation sites (tertiary alicyclic amines) is 1. The number of amides is 1. The molecule has 0 atom stereocenters. The number of nitrogens with one attached hydrogen (secondary N) is 2. The summed E-state index contributed by atoms with van der Waals surface area (Å²) in [6.45, 7) is 9.79. The summed E-state index contributed by atoms with van der Waals surface area (Å²) < 4.78 is 0. The lowest BCUT2D eigenvalue weighted by molar-refractivity contribution is -0.119. The van der Waals surface area contributed by atoms with Gasteiger partial charge in [-0.05, 0) is 80.6 Å². The number of nitrogens with zero attached hydrogens (tertiary/aromatic N) is 1. The van der Waals surface area contributed by atoms with Gasteiger partial charge in [-0.2, -0.15) is 0 Å². The molecule has 4 heteroatoms. The lowest BCUT2D eigenvalue weighted by atomic mass is 10.0. The molecule has 1 saturated heterocycles. The van der Waals surface area contributed by atoms with Crippen LogP contribution in [0.5, 0.6) is 0 Å². The van der Waals surface area contributed by atoms with Gasteiger partial charge in [-0.15, -0.1) is 0 Å². The molecular weight excluding hydrogens is 382 g/mol. The Kier molecular flexibility index (Phi) is 6.77. The Balaban J connectivity index is 1.36. The summed E-state index contributed by atoms with van der Waals surface area (Å²) in [5.74, 6) is 0.0395. The summed E-state index contributed by atoms with van der Waals surface area (Å²) >= 11 is 0. The van der Waals surface area contributed by atoms with E-state index in [1.807, 2.05) is 12.1 Å². The molecular formula is C27H35N3O. The maximum Gasteiger partial charge on any atom is 0.236 e. The Morgan fingerprint density at radius 1 is 0.968 bits per heavy atom. The quantitative estimate of drug-likeness (QED) is 0.528. The zero-order chi connectivity index (χ0) is 21.7. The van der Waals surface area contributed by atoms with Gasteiger partial charge in [0.25, 0.3) is 0 Å². The lowest BCUT2D eigenvalue weighted by Gasteiger charge is -2.26. The zero-order valence-electron chi connectivity index (χ0n) is 18.8. The molecule has 2 aromatic carbocycles.